The molecule has 3 aromatic carbocycles. The molecule has 1 aromatic heterocycles. The monoisotopic (exact) mass is 712 g/mol. The summed E-state index contributed by atoms with van der Waals surface area (Å²) in [6.07, 6.45) is 1.10. The Hall–Kier alpha value is -5.64. The molecular formula is C36H44N10O6. The lowest BCUT2D eigenvalue weighted by Gasteiger charge is -2.12. The van der Waals surface area contributed by atoms with Gasteiger partial charge in [0.05, 0.1) is 46.2 Å². The summed E-state index contributed by atoms with van der Waals surface area (Å²) < 4.78 is 22.0. The molecule has 16 heteroatoms. The van der Waals surface area contributed by atoms with Crippen molar-refractivity contribution in [3.63, 3.8) is 0 Å². The molecule has 4 rings (SSSR count). The summed E-state index contributed by atoms with van der Waals surface area (Å²) >= 11 is 0. The lowest BCUT2D eigenvalue weighted by molar-refractivity contribution is 0.0497. The highest BCUT2D eigenvalue weighted by Crippen LogP contribution is 2.19. The fourth-order valence-electron chi connectivity index (χ4n) is 4.52. The third-order valence-corrected chi connectivity index (χ3v) is 7.06. The standard InChI is InChI=1S/C36H44N10O6/c37-46-40-19-23-52-27-26-50-21-17-38-33(48)29-13-15-31(16-14-29)42-36-44-34(43-35(45-36)41-30-10-5-2-6-11-30)39-18-22-51-25-24-49-20-7-12-32(47)28-8-3-1-4-9-28/h1-6,8-11,13-16H,7,12,17-27H2,(H,38,48)(H3,39,41,42,43,44,45). The average Bonchev–Trinajstić information content (AvgIpc) is 3.17. The Morgan fingerprint density at radius 3 is 1.83 bits per heavy atom. The van der Waals surface area contributed by atoms with Gasteiger partial charge in [-0.1, -0.05) is 53.6 Å². The number of carbonyl (C=O) groups excluding carboxylic acids is 2. The second-order valence-electron chi connectivity index (χ2n) is 11.0. The normalized spacial score (nSPS) is 10.6. The number of rotatable bonds is 26. The van der Waals surface area contributed by atoms with E-state index in [9.17, 15) is 9.59 Å². The largest absolute Gasteiger partial charge is 0.379 e. The first kappa shape index (κ1) is 39.2. The zero-order valence-corrected chi connectivity index (χ0v) is 28.9. The highest BCUT2D eigenvalue weighted by molar-refractivity contribution is 5.96. The van der Waals surface area contributed by atoms with Gasteiger partial charge >= 0.3 is 0 Å². The van der Waals surface area contributed by atoms with Crippen LogP contribution in [0.4, 0.5) is 29.2 Å². The van der Waals surface area contributed by atoms with E-state index in [-0.39, 0.29) is 18.2 Å². The number of anilines is 5. The second kappa shape index (κ2) is 23.7. The molecule has 1 amide bonds. The van der Waals surface area contributed by atoms with Gasteiger partial charge in [0.15, 0.2) is 5.78 Å². The van der Waals surface area contributed by atoms with Crippen LogP contribution in [0.3, 0.4) is 0 Å². The van der Waals surface area contributed by atoms with Gasteiger partial charge in [-0.25, -0.2) is 0 Å². The van der Waals surface area contributed by atoms with Crippen LogP contribution in [0.15, 0.2) is 90.0 Å². The minimum atomic E-state index is -0.231. The number of carbonyl (C=O) groups is 2. The van der Waals surface area contributed by atoms with Crippen molar-refractivity contribution in [3.05, 3.63) is 106 Å². The Morgan fingerprint density at radius 1 is 0.615 bits per heavy atom. The number of benzene rings is 3. The molecule has 0 fully saturated rings. The minimum absolute atomic E-state index is 0.114. The summed E-state index contributed by atoms with van der Waals surface area (Å²) in [5.74, 6) is 0.863. The number of nitrogens with zero attached hydrogens (tertiary/aromatic N) is 6. The molecule has 0 spiro atoms. The predicted octanol–water partition coefficient (Wildman–Crippen LogP) is 5.54. The van der Waals surface area contributed by atoms with E-state index in [2.05, 4.69) is 46.2 Å². The number of hydrogen-bond donors (Lipinski definition) is 4. The van der Waals surface area contributed by atoms with E-state index in [0.29, 0.717) is 108 Å². The van der Waals surface area contributed by atoms with Crippen LogP contribution in [0.25, 0.3) is 10.4 Å². The zero-order valence-electron chi connectivity index (χ0n) is 28.9. The topological polar surface area (TPSA) is 207 Å². The summed E-state index contributed by atoms with van der Waals surface area (Å²) in [5.41, 5.74) is 10.9. The molecule has 16 nitrogen and oxygen atoms in total. The molecule has 52 heavy (non-hydrogen) atoms. The third-order valence-electron chi connectivity index (χ3n) is 7.06. The highest BCUT2D eigenvalue weighted by Gasteiger charge is 2.10. The van der Waals surface area contributed by atoms with Crippen molar-refractivity contribution in [1.29, 1.82) is 0 Å². The molecule has 0 saturated heterocycles. The molecule has 0 aliphatic carbocycles. The van der Waals surface area contributed by atoms with E-state index in [1.54, 1.807) is 24.3 Å². The quantitative estimate of drug-likeness (QED) is 0.0208. The van der Waals surface area contributed by atoms with Gasteiger partial charge in [-0.15, -0.1) is 0 Å². The van der Waals surface area contributed by atoms with E-state index in [1.807, 2.05) is 60.7 Å². The first-order valence-electron chi connectivity index (χ1n) is 17.0. The molecule has 4 aromatic rings. The average molecular weight is 713 g/mol. The van der Waals surface area contributed by atoms with Gasteiger partial charge in [-0.3, -0.25) is 9.59 Å². The first-order chi connectivity index (χ1) is 25.6. The van der Waals surface area contributed by atoms with Crippen LogP contribution in [0.2, 0.25) is 0 Å². The molecule has 0 aliphatic heterocycles. The lowest BCUT2D eigenvalue weighted by Crippen LogP contribution is -2.27. The van der Waals surface area contributed by atoms with Crippen molar-refractivity contribution in [1.82, 2.24) is 20.3 Å². The molecule has 0 bridgehead atoms. The maximum absolute atomic E-state index is 12.6. The Kier molecular flexibility index (Phi) is 17.8. The number of hydrogen-bond acceptors (Lipinski definition) is 13. The molecule has 0 aliphatic rings. The molecule has 0 saturated carbocycles. The van der Waals surface area contributed by atoms with E-state index in [4.69, 9.17) is 24.5 Å². The number of para-hydroxylation sites is 1. The van der Waals surface area contributed by atoms with E-state index >= 15 is 0 Å². The van der Waals surface area contributed by atoms with Crippen molar-refractivity contribution in [3.8, 4) is 0 Å². The van der Waals surface area contributed by atoms with E-state index in [0.717, 1.165) is 11.3 Å². The molecule has 4 N–H and O–H groups in total. The van der Waals surface area contributed by atoms with Crippen LogP contribution in [0, 0.1) is 0 Å². The Bertz CT molecular complexity index is 1680. The van der Waals surface area contributed by atoms with Crippen LogP contribution >= 0.6 is 0 Å². The van der Waals surface area contributed by atoms with E-state index in [1.165, 1.54) is 0 Å². The van der Waals surface area contributed by atoms with Gasteiger partial charge in [0.2, 0.25) is 17.8 Å². The van der Waals surface area contributed by atoms with Crippen LogP contribution in [-0.2, 0) is 18.9 Å². The maximum Gasteiger partial charge on any atom is 0.251 e. The molecule has 0 atom stereocenters. The van der Waals surface area contributed by atoms with Gasteiger partial charge in [0.1, 0.15) is 0 Å². The molecule has 1 heterocycles. The van der Waals surface area contributed by atoms with Gasteiger partial charge in [0.25, 0.3) is 5.91 Å². The SMILES string of the molecule is [N-]=[N+]=NCCOCCOCCNC(=O)c1ccc(Nc2nc(NCCOCCOCCCC(=O)c3ccccc3)nc(Nc3ccccc3)n2)cc1. The summed E-state index contributed by atoms with van der Waals surface area (Å²) in [4.78, 5) is 40.9. The zero-order chi connectivity index (χ0) is 36.5. The Balaban J connectivity index is 1.18. The van der Waals surface area contributed by atoms with Crippen LogP contribution in [-0.4, -0.2) is 99.1 Å². The second-order valence-corrected chi connectivity index (χ2v) is 11.0. The lowest BCUT2D eigenvalue weighted by atomic mass is 10.1. The molecular weight excluding hydrogens is 668 g/mol. The van der Waals surface area contributed by atoms with Gasteiger partial charge in [0, 0.05) is 60.1 Å². The first-order valence-corrected chi connectivity index (χ1v) is 17.0. The van der Waals surface area contributed by atoms with E-state index < -0.39 is 0 Å². The van der Waals surface area contributed by atoms with Crippen molar-refractivity contribution in [2.24, 2.45) is 5.11 Å². The van der Waals surface area contributed by atoms with Gasteiger partial charge in [-0.05, 0) is 48.4 Å². The third kappa shape index (κ3) is 15.5. The van der Waals surface area contributed by atoms with Crippen LogP contribution in [0.1, 0.15) is 33.6 Å². The maximum atomic E-state index is 12.6. The van der Waals surface area contributed by atoms with Crippen LogP contribution < -0.4 is 21.3 Å². The number of aromatic nitrogens is 3. The predicted molar refractivity (Wildman–Crippen MR) is 197 cm³/mol. The van der Waals surface area contributed by atoms with Crippen molar-refractivity contribution < 1.29 is 28.5 Å². The highest BCUT2D eigenvalue weighted by atomic mass is 16.5. The summed E-state index contributed by atoms with van der Waals surface area (Å²) in [6.45, 7) is 4.21. The number of Topliss-reactive ketones (excluding diaryl/α,β-unsaturated/α-hetero) is 1. The van der Waals surface area contributed by atoms with Crippen molar-refractivity contribution in [2.75, 3.05) is 88.4 Å². The fraction of sp³-hybridized carbons (Fsp3) is 0.361. The number of ether oxygens (including phenoxy) is 4. The molecule has 0 unspecified atom stereocenters. The smallest absolute Gasteiger partial charge is 0.251 e. The van der Waals surface area contributed by atoms with Crippen molar-refractivity contribution >= 4 is 40.9 Å². The number of nitrogens with one attached hydrogen (secondary N) is 4. The molecule has 0 radical (unpaired) electrons. The number of ketones is 1. The summed E-state index contributed by atoms with van der Waals surface area (Å²) in [5, 5.41) is 15.8. The Labute approximate surface area is 302 Å². The Morgan fingerprint density at radius 2 is 1.17 bits per heavy atom. The van der Waals surface area contributed by atoms with Gasteiger partial charge < -0.3 is 40.2 Å². The fourth-order valence-corrected chi connectivity index (χ4v) is 4.52. The summed E-state index contributed by atoms with van der Waals surface area (Å²) in [6, 6.07) is 25.7. The number of amides is 1. The summed E-state index contributed by atoms with van der Waals surface area (Å²) in [7, 11) is 0. The minimum Gasteiger partial charge on any atom is -0.379 e. The van der Waals surface area contributed by atoms with Gasteiger partial charge in [-0.2, -0.15) is 15.0 Å². The molecule has 274 valence electrons. The van der Waals surface area contributed by atoms with Crippen molar-refractivity contribution in [2.45, 2.75) is 12.8 Å². The van der Waals surface area contributed by atoms with Crippen LogP contribution in [0.5, 0.6) is 0 Å². The number of azide groups is 1.